The third kappa shape index (κ3) is 2.54. The zero-order valence-electron chi connectivity index (χ0n) is 9.03. The Morgan fingerprint density at radius 2 is 2.31 bits per heavy atom. The number of nitrogens with one attached hydrogen (secondary N) is 1. The molecule has 0 atom stereocenters. The molecule has 2 aromatic heterocycles. The van der Waals surface area contributed by atoms with Crippen molar-refractivity contribution in [3.05, 3.63) is 34.8 Å². The van der Waals surface area contributed by atoms with Crippen molar-refractivity contribution in [2.45, 2.75) is 13.3 Å². The van der Waals surface area contributed by atoms with Crippen molar-refractivity contribution >= 4 is 28.6 Å². The first kappa shape index (κ1) is 11.4. The summed E-state index contributed by atoms with van der Waals surface area (Å²) < 4.78 is 0. The molecule has 0 bridgehead atoms. The molecule has 2 heterocycles. The van der Waals surface area contributed by atoms with E-state index in [0.717, 1.165) is 34.2 Å². The van der Waals surface area contributed by atoms with Crippen LogP contribution in [0.25, 0.3) is 10.6 Å². The van der Waals surface area contributed by atoms with Crippen molar-refractivity contribution < 1.29 is 0 Å². The maximum absolute atomic E-state index is 6.08. The fraction of sp³-hybridized carbons (Fsp3) is 0.250. The van der Waals surface area contributed by atoms with Crippen LogP contribution in [0.15, 0.2) is 29.8 Å². The second-order valence-electron chi connectivity index (χ2n) is 3.45. The van der Waals surface area contributed by atoms with E-state index in [9.17, 15) is 0 Å². The summed E-state index contributed by atoms with van der Waals surface area (Å²) in [5.41, 5.74) is 2.03. The van der Waals surface area contributed by atoms with Gasteiger partial charge >= 0.3 is 0 Å². The third-order valence-electron chi connectivity index (χ3n) is 2.19. The molecule has 16 heavy (non-hydrogen) atoms. The van der Waals surface area contributed by atoms with E-state index in [1.165, 1.54) is 0 Å². The molecule has 1 N–H and O–H groups in total. The number of aromatic nitrogens is 1. The number of nitrogens with zero attached hydrogens (tertiary/aromatic N) is 1. The van der Waals surface area contributed by atoms with Crippen LogP contribution >= 0.6 is 22.9 Å². The van der Waals surface area contributed by atoms with Gasteiger partial charge in [0.05, 0.1) is 15.6 Å². The van der Waals surface area contributed by atoms with Gasteiger partial charge in [0.25, 0.3) is 0 Å². The van der Waals surface area contributed by atoms with E-state index in [4.69, 9.17) is 11.6 Å². The largest absolute Gasteiger partial charge is 0.385 e. The lowest BCUT2D eigenvalue weighted by Gasteiger charge is -2.05. The van der Waals surface area contributed by atoms with Gasteiger partial charge in [0.1, 0.15) is 0 Å². The molecule has 2 rings (SSSR count). The molecule has 2 nitrogen and oxygen atoms in total. The van der Waals surface area contributed by atoms with E-state index in [1.807, 2.05) is 29.8 Å². The number of anilines is 1. The summed E-state index contributed by atoms with van der Waals surface area (Å²) in [6.07, 6.45) is 2.92. The average Bonchev–Trinajstić information content (AvgIpc) is 2.73. The highest BCUT2D eigenvalue weighted by Crippen LogP contribution is 2.32. The predicted octanol–water partition coefficient (Wildman–Crippen LogP) is 4.29. The van der Waals surface area contributed by atoms with E-state index in [-0.39, 0.29) is 0 Å². The molecule has 0 amide bonds. The van der Waals surface area contributed by atoms with Crippen LogP contribution < -0.4 is 5.32 Å². The highest BCUT2D eigenvalue weighted by atomic mass is 35.5. The van der Waals surface area contributed by atoms with Crippen LogP contribution in [0.3, 0.4) is 0 Å². The molecule has 0 aliphatic rings. The topological polar surface area (TPSA) is 24.9 Å². The Balaban J connectivity index is 2.26. The number of rotatable bonds is 4. The molecule has 0 aliphatic heterocycles. The van der Waals surface area contributed by atoms with Crippen molar-refractivity contribution in [1.82, 2.24) is 4.98 Å². The Hall–Kier alpha value is -1.06. The van der Waals surface area contributed by atoms with Gasteiger partial charge in [-0.2, -0.15) is 0 Å². The second kappa shape index (κ2) is 5.32. The Labute approximate surface area is 104 Å². The van der Waals surface area contributed by atoms with Crippen LogP contribution in [-0.4, -0.2) is 11.5 Å². The van der Waals surface area contributed by atoms with Crippen molar-refractivity contribution in [2.75, 3.05) is 11.9 Å². The summed E-state index contributed by atoms with van der Waals surface area (Å²) >= 11 is 7.69. The lowest BCUT2D eigenvalue weighted by molar-refractivity contribution is 0.979. The van der Waals surface area contributed by atoms with Gasteiger partial charge in [-0.3, -0.25) is 4.98 Å². The standard InChI is InChI=1S/C12H13ClN2S/c1-2-5-14-9-3-6-15-11(8-9)12-10(13)4-7-16-12/h3-4,6-8H,2,5H2,1H3,(H,14,15). The summed E-state index contributed by atoms with van der Waals surface area (Å²) in [5.74, 6) is 0. The minimum absolute atomic E-state index is 0.769. The van der Waals surface area contributed by atoms with Crippen molar-refractivity contribution in [3.63, 3.8) is 0 Å². The zero-order chi connectivity index (χ0) is 11.4. The van der Waals surface area contributed by atoms with Crippen LogP contribution in [0.5, 0.6) is 0 Å². The Kier molecular flexibility index (Phi) is 3.80. The van der Waals surface area contributed by atoms with Crippen LogP contribution in [-0.2, 0) is 0 Å². The third-order valence-corrected chi connectivity index (χ3v) is 3.55. The van der Waals surface area contributed by atoms with Gasteiger partial charge in [0.2, 0.25) is 0 Å². The van der Waals surface area contributed by atoms with Crippen LogP contribution in [0.1, 0.15) is 13.3 Å². The molecule has 4 heteroatoms. The Morgan fingerprint density at radius 1 is 1.44 bits per heavy atom. The van der Waals surface area contributed by atoms with E-state index in [2.05, 4.69) is 17.2 Å². The Bertz CT molecular complexity index is 468. The van der Waals surface area contributed by atoms with Crippen LogP contribution in [0.2, 0.25) is 5.02 Å². The molecular weight excluding hydrogens is 240 g/mol. The van der Waals surface area contributed by atoms with Crippen molar-refractivity contribution in [3.8, 4) is 10.6 Å². The lowest BCUT2D eigenvalue weighted by atomic mass is 10.2. The second-order valence-corrected chi connectivity index (χ2v) is 4.78. The summed E-state index contributed by atoms with van der Waals surface area (Å²) in [7, 11) is 0. The molecule has 0 spiro atoms. The maximum atomic E-state index is 6.08. The number of pyridine rings is 1. The molecule has 0 aromatic carbocycles. The fourth-order valence-electron chi connectivity index (χ4n) is 1.41. The minimum Gasteiger partial charge on any atom is -0.385 e. The zero-order valence-corrected chi connectivity index (χ0v) is 10.6. The minimum atomic E-state index is 0.769. The van der Waals surface area contributed by atoms with Crippen molar-refractivity contribution in [1.29, 1.82) is 0 Å². The van der Waals surface area contributed by atoms with Gasteiger partial charge in [-0.15, -0.1) is 11.3 Å². The van der Waals surface area contributed by atoms with E-state index in [0.29, 0.717) is 0 Å². The monoisotopic (exact) mass is 252 g/mol. The van der Waals surface area contributed by atoms with Crippen LogP contribution in [0, 0.1) is 0 Å². The molecule has 2 aromatic rings. The first-order valence-corrected chi connectivity index (χ1v) is 6.50. The average molecular weight is 253 g/mol. The molecule has 0 unspecified atom stereocenters. The molecule has 0 aliphatic carbocycles. The number of hydrogen-bond acceptors (Lipinski definition) is 3. The van der Waals surface area contributed by atoms with E-state index in [1.54, 1.807) is 11.3 Å². The lowest BCUT2D eigenvalue weighted by Crippen LogP contribution is -1.99. The van der Waals surface area contributed by atoms with Gasteiger partial charge in [-0.25, -0.2) is 0 Å². The number of thiophene rings is 1. The molecule has 0 radical (unpaired) electrons. The van der Waals surface area contributed by atoms with E-state index >= 15 is 0 Å². The van der Waals surface area contributed by atoms with Gasteiger partial charge in [-0.05, 0) is 30.0 Å². The molecule has 84 valence electrons. The van der Waals surface area contributed by atoms with Gasteiger partial charge in [-0.1, -0.05) is 18.5 Å². The summed E-state index contributed by atoms with van der Waals surface area (Å²) in [6, 6.07) is 5.91. The normalized spacial score (nSPS) is 10.4. The first-order chi connectivity index (χ1) is 7.81. The highest BCUT2D eigenvalue weighted by Gasteiger charge is 2.06. The SMILES string of the molecule is CCCNc1ccnc(-c2sccc2Cl)c1. The molecular formula is C12H13ClN2S. The predicted molar refractivity (Wildman–Crippen MR) is 71.3 cm³/mol. The first-order valence-electron chi connectivity index (χ1n) is 5.24. The molecule has 0 saturated carbocycles. The number of hydrogen-bond donors (Lipinski definition) is 1. The maximum Gasteiger partial charge on any atom is 0.0837 e. The highest BCUT2D eigenvalue weighted by molar-refractivity contribution is 7.14. The summed E-state index contributed by atoms with van der Waals surface area (Å²) in [5, 5.41) is 6.08. The molecule has 0 fully saturated rings. The number of halogens is 1. The van der Waals surface area contributed by atoms with Gasteiger partial charge < -0.3 is 5.32 Å². The quantitative estimate of drug-likeness (QED) is 0.878. The smallest absolute Gasteiger partial charge is 0.0837 e. The Morgan fingerprint density at radius 3 is 3.00 bits per heavy atom. The fourth-order valence-corrected chi connectivity index (χ4v) is 2.53. The van der Waals surface area contributed by atoms with Crippen molar-refractivity contribution in [2.24, 2.45) is 0 Å². The molecule has 0 saturated heterocycles. The van der Waals surface area contributed by atoms with Gasteiger partial charge in [0.15, 0.2) is 0 Å². The summed E-state index contributed by atoms with van der Waals surface area (Å²) in [4.78, 5) is 5.37. The van der Waals surface area contributed by atoms with Crippen LogP contribution in [0.4, 0.5) is 5.69 Å². The van der Waals surface area contributed by atoms with E-state index < -0.39 is 0 Å². The van der Waals surface area contributed by atoms with Gasteiger partial charge in [0, 0.05) is 18.4 Å². The summed E-state index contributed by atoms with van der Waals surface area (Å²) in [6.45, 7) is 3.12.